The van der Waals surface area contributed by atoms with E-state index in [1.807, 2.05) is 43.3 Å². The summed E-state index contributed by atoms with van der Waals surface area (Å²) in [4.78, 5) is 20.7. The fourth-order valence-corrected chi connectivity index (χ4v) is 2.17. The first-order valence-electron chi connectivity index (χ1n) is 6.84. The summed E-state index contributed by atoms with van der Waals surface area (Å²) < 4.78 is 0. The molecule has 0 fully saturated rings. The summed E-state index contributed by atoms with van der Waals surface area (Å²) >= 11 is 0. The molecule has 0 radical (unpaired) electrons. The summed E-state index contributed by atoms with van der Waals surface area (Å²) in [5, 5.41) is 4.79. The summed E-state index contributed by atoms with van der Waals surface area (Å²) in [6.07, 6.45) is 4.92. The number of nitrogens with zero attached hydrogens (tertiary/aromatic N) is 3. The Morgan fingerprint density at radius 1 is 1.18 bits per heavy atom. The number of pyridine rings is 2. The molecule has 5 heteroatoms. The van der Waals surface area contributed by atoms with Gasteiger partial charge in [-0.2, -0.15) is 5.10 Å². The van der Waals surface area contributed by atoms with E-state index in [4.69, 9.17) is 0 Å². The van der Waals surface area contributed by atoms with E-state index in [9.17, 15) is 4.79 Å². The van der Waals surface area contributed by atoms with Crippen LogP contribution in [0.1, 0.15) is 21.6 Å². The molecule has 0 saturated heterocycles. The van der Waals surface area contributed by atoms with Crippen LogP contribution in [0.3, 0.4) is 0 Å². The van der Waals surface area contributed by atoms with Gasteiger partial charge >= 0.3 is 0 Å². The molecule has 1 amide bonds. The lowest BCUT2D eigenvalue weighted by molar-refractivity contribution is 0.0956. The van der Waals surface area contributed by atoms with Gasteiger partial charge in [-0.05, 0) is 36.8 Å². The van der Waals surface area contributed by atoms with E-state index in [0.29, 0.717) is 5.56 Å². The zero-order chi connectivity index (χ0) is 15.4. The number of carbonyl (C=O) groups is 1. The Balaban J connectivity index is 1.85. The number of aryl methyl sites for hydroxylation is 1. The van der Waals surface area contributed by atoms with Crippen molar-refractivity contribution in [1.82, 2.24) is 15.4 Å². The highest BCUT2D eigenvalue weighted by Gasteiger charge is 2.10. The second-order valence-corrected chi connectivity index (χ2v) is 4.81. The Morgan fingerprint density at radius 2 is 1.95 bits per heavy atom. The summed E-state index contributed by atoms with van der Waals surface area (Å²) in [6.45, 7) is 1.86. The number of hydrogen-bond acceptors (Lipinski definition) is 4. The first kappa shape index (κ1) is 13.9. The van der Waals surface area contributed by atoms with Gasteiger partial charge in [0.2, 0.25) is 0 Å². The Morgan fingerprint density at radius 3 is 2.77 bits per heavy atom. The standard InChI is InChI=1S/C17H14N4O/c1-12-10-15(14-4-2-3-5-16(14)20-12)17(22)21-19-11-13-6-8-18-9-7-13/h2-11H,1H3,(H,21,22)/b19-11-. The molecule has 3 aromatic rings. The van der Waals surface area contributed by atoms with Gasteiger partial charge in [-0.25, -0.2) is 5.43 Å². The largest absolute Gasteiger partial charge is 0.272 e. The maximum Gasteiger partial charge on any atom is 0.272 e. The van der Waals surface area contributed by atoms with E-state index < -0.39 is 0 Å². The van der Waals surface area contributed by atoms with Crippen LogP contribution in [0.15, 0.2) is 60.0 Å². The Kier molecular flexibility index (Phi) is 3.87. The first-order chi connectivity index (χ1) is 10.7. The van der Waals surface area contributed by atoms with Crippen molar-refractivity contribution in [3.05, 3.63) is 71.7 Å². The number of rotatable bonds is 3. The number of aromatic nitrogens is 2. The van der Waals surface area contributed by atoms with E-state index in [1.165, 1.54) is 0 Å². The normalized spacial score (nSPS) is 11.0. The predicted molar refractivity (Wildman–Crippen MR) is 85.8 cm³/mol. The van der Waals surface area contributed by atoms with Gasteiger partial charge in [-0.1, -0.05) is 18.2 Å². The van der Waals surface area contributed by atoms with Crippen LogP contribution in [0.2, 0.25) is 0 Å². The van der Waals surface area contributed by atoms with E-state index in [2.05, 4.69) is 20.5 Å². The van der Waals surface area contributed by atoms with Crippen LogP contribution < -0.4 is 5.43 Å². The summed E-state index contributed by atoms with van der Waals surface area (Å²) in [5.41, 5.74) is 5.57. The van der Waals surface area contributed by atoms with Crippen LogP contribution >= 0.6 is 0 Å². The number of fused-ring (bicyclic) bond motifs is 1. The van der Waals surface area contributed by atoms with Crippen LogP contribution in [-0.2, 0) is 0 Å². The quantitative estimate of drug-likeness (QED) is 0.595. The highest BCUT2D eigenvalue weighted by Crippen LogP contribution is 2.17. The van der Waals surface area contributed by atoms with Crippen LogP contribution in [-0.4, -0.2) is 22.1 Å². The van der Waals surface area contributed by atoms with Crippen molar-refractivity contribution in [3.8, 4) is 0 Å². The second kappa shape index (κ2) is 6.13. The fourth-order valence-electron chi connectivity index (χ4n) is 2.17. The SMILES string of the molecule is Cc1cc(C(=O)N/N=C\c2ccncc2)c2ccccc2n1. The molecule has 0 aliphatic carbocycles. The maximum atomic E-state index is 12.3. The van der Waals surface area contributed by atoms with Crippen LogP contribution in [0, 0.1) is 6.92 Å². The summed E-state index contributed by atoms with van der Waals surface area (Å²) in [5.74, 6) is -0.257. The van der Waals surface area contributed by atoms with Crippen LogP contribution in [0.4, 0.5) is 0 Å². The number of nitrogens with one attached hydrogen (secondary N) is 1. The van der Waals surface area contributed by atoms with E-state index >= 15 is 0 Å². The van der Waals surface area contributed by atoms with Crippen LogP contribution in [0.25, 0.3) is 10.9 Å². The van der Waals surface area contributed by atoms with E-state index in [-0.39, 0.29) is 5.91 Å². The van der Waals surface area contributed by atoms with E-state index in [0.717, 1.165) is 22.2 Å². The first-order valence-corrected chi connectivity index (χ1v) is 6.84. The number of hydrogen-bond donors (Lipinski definition) is 1. The predicted octanol–water partition coefficient (Wildman–Crippen LogP) is 2.70. The zero-order valence-electron chi connectivity index (χ0n) is 12.0. The number of carbonyl (C=O) groups excluding carboxylic acids is 1. The molecule has 0 spiro atoms. The average molecular weight is 290 g/mol. The highest BCUT2D eigenvalue weighted by molar-refractivity contribution is 6.06. The molecular formula is C17H14N4O. The zero-order valence-corrected chi connectivity index (χ0v) is 12.0. The molecule has 2 heterocycles. The van der Waals surface area contributed by atoms with Crippen molar-refractivity contribution in [2.75, 3.05) is 0 Å². The molecule has 0 atom stereocenters. The Hall–Kier alpha value is -3.08. The number of benzene rings is 1. The van der Waals surface area contributed by atoms with Gasteiger partial charge in [0.05, 0.1) is 17.3 Å². The third kappa shape index (κ3) is 2.98. The average Bonchev–Trinajstić information content (AvgIpc) is 2.55. The molecule has 1 aromatic carbocycles. The highest BCUT2D eigenvalue weighted by atomic mass is 16.2. The second-order valence-electron chi connectivity index (χ2n) is 4.81. The molecule has 1 N–H and O–H groups in total. The number of amides is 1. The number of hydrazone groups is 1. The lowest BCUT2D eigenvalue weighted by atomic mass is 10.1. The monoisotopic (exact) mass is 290 g/mol. The number of para-hydroxylation sites is 1. The van der Waals surface area contributed by atoms with Crippen LogP contribution in [0.5, 0.6) is 0 Å². The van der Waals surface area contributed by atoms with Gasteiger partial charge < -0.3 is 0 Å². The van der Waals surface area contributed by atoms with Gasteiger partial charge in [0.15, 0.2) is 0 Å². The van der Waals surface area contributed by atoms with Gasteiger partial charge in [-0.3, -0.25) is 14.8 Å². The van der Waals surface area contributed by atoms with Crippen molar-refractivity contribution in [2.24, 2.45) is 5.10 Å². The molecule has 0 aliphatic heterocycles. The van der Waals surface area contributed by atoms with Gasteiger partial charge in [0, 0.05) is 23.5 Å². The van der Waals surface area contributed by atoms with Crippen molar-refractivity contribution in [2.45, 2.75) is 6.92 Å². The summed E-state index contributed by atoms with van der Waals surface area (Å²) in [7, 11) is 0. The van der Waals surface area contributed by atoms with Crippen molar-refractivity contribution in [1.29, 1.82) is 0 Å². The molecule has 108 valence electrons. The summed E-state index contributed by atoms with van der Waals surface area (Å²) in [6, 6.07) is 12.9. The minimum Gasteiger partial charge on any atom is -0.267 e. The lowest BCUT2D eigenvalue weighted by Gasteiger charge is -2.06. The molecule has 5 nitrogen and oxygen atoms in total. The molecule has 3 rings (SSSR count). The fraction of sp³-hybridized carbons (Fsp3) is 0.0588. The minimum atomic E-state index is -0.257. The molecule has 0 bridgehead atoms. The lowest BCUT2D eigenvalue weighted by Crippen LogP contribution is -2.18. The van der Waals surface area contributed by atoms with Gasteiger partial charge in [-0.15, -0.1) is 0 Å². The third-order valence-electron chi connectivity index (χ3n) is 3.17. The van der Waals surface area contributed by atoms with Crippen molar-refractivity contribution >= 4 is 23.0 Å². The third-order valence-corrected chi connectivity index (χ3v) is 3.17. The maximum absolute atomic E-state index is 12.3. The smallest absolute Gasteiger partial charge is 0.267 e. The van der Waals surface area contributed by atoms with Crippen molar-refractivity contribution < 1.29 is 4.79 Å². The van der Waals surface area contributed by atoms with E-state index in [1.54, 1.807) is 24.7 Å². The van der Waals surface area contributed by atoms with Crippen molar-refractivity contribution in [3.63, 3.8) is 0 Å². The van der Waals surface area contributed by atoms with Gasteiger partial charge in [0.25, 0.3) is 5.91 Å². The molecule has 0 unspecified atom stereocenters. The molecule has 0 aliphatic rings. The Bertz CT molecular complexity index is 844. The molecule has 2 aromatic heterocycles. The Labute approximate surface area is 127 Å². The topological polar surface area (TPSA) is 67.2 Å². The minimum absolute atomic E-state index is 0.257. The van der Waals surface area contributed by atoms with Gasteiger partial charge in [0.1, 0.15) is 0 Å². The molecular weight excluding hydrogens is 276 g/mol. The molecule has 22 heavy (non-hydrogen) atoms. The molecule has 0 saturated carbocycles.